The van der Waals surface area contributed by atoms with E-state index in [-0.39, 0.29) is 53.2 Å². The number of carbonyl (C=O) groups excluding carboxylic acids is 1. The molecule has 0 aliphatic rings. The van der Waals surface area contributed by atoms with Crippen molar-refractivity contribution in [2.75, 3.05) is 18.6 Å². The molecule has 2 aromatic carbocycles. The van der Waals surface area contributed by atoms with Crippen LogP contribution in [0.4, 0.5) is 29.5 Å². The zero-order valence-electron chi connectivity index (χ0n) is 24.3. The first-order chi connectivity index (χ1) is 21.0. The number of halogens is 3. The second-order valence-corrected chi connectivity index (χ2v) is 10.5. The minimum Gasteiger partial charge on any atom is -0.493 e. The van der Waals surface area contributed by atoms with Crippen LogP contribution in [0, 0.1) is 24.5 Å². The standard InChI is InChI=1S/C31H28F3N6O4/c1-6-43-19-14-22(32)21(23(33)15-19)17-39-24-10-8-7-9-20(24)27(38-39)28-36-16-25(42-5)29(37-28)40(30(41)44-31(2,3)4)18-11-12-35-26(34)13-18/h7-16H,1,6,17H2,2-5H3. The number of pyridine rings is 1. The van der Waals surface area contributed by atoms with Crippen molar-refractivity contribution < 1.29 is 32.2 Å². The van der Waals surface area contributed by atoms with Crippen LogP contribution in [0.5, 0.6) is 11.5 Å². The Balaban J connectivity index is 1.64. The highest BCUT2D eigenvalue weighted by Gasteiger charge is 2.30. The van der Waals surface area contributed by atoms with Gasteiger partial charge in [-0.05, 0) is 39.8 Å². The maximum absolute atomic E-state index is 15.0. The predicted molar refractivity (Wildman–Crippen MR) is 156 cm³/mol. The molecule has 1 radical (unpaired) electrons. The molecule has 0 unspecified atom stereocenters. The van der Waals surface area contributed by atoms with E-state index in [2.05, 4.69) is 27.0 Å². The SMILES string of the molecule is [CH2]COc1cc(F)c(Cn2nc(-c3ncc(OC)c(N(C(=O)OC(C)(C)C)c4ccnc(F)c4)n3)c3ccccc32)c(F)c1. The van der Waals surface area contributed by atoms with Crippen LogP contribution in [-0.4, -0.2) is 50.1 Å². The quantitative estimate of drug-likeness (QED) is 0.181. The number of rotatable bonds is 8. The molecular formula is C31H28F3N6O4. The molecule has 0 fully saturated rings. The lowest BCUT2D eigenvalue weighted by Gasteiger charge is -2.27. The molecule has 0 aliphatic heterocycles. The summed E-state index contributed by atoms with van der Waals surface area (Å²) in [7, 11) is 1.36. The van der Waals surface area contributed by atoms with Crippen molar-refractivity contribution >= 4 is 28.5 Å². The minimum absolute atomic E-state index is 0.0106. The topological polar surface area (TPSA) is 104 Å². The molecule has 3 aromatic heterocycles. The lowest BCUT2D eigenvalue weighted by Crippen LogP contribution is -2.34. The van der Waals surface area contributed by atoms with Gasteiger partial charge in [0.25, 0.3) is 0 Å². The van der Waals surface area contributed by atoms with Crippen molar-refractivity contribution in [2.45, 2.75) is 32.9 Å². The molecule has 0 bridgehead atoms. The highest BCUT2D eigenvalue weighted by Crippen LogP contribution is 2.36. The molecule has 0 N–H and O–H groups in total. The second kappa shape index (κ2) is 12.2. The van der Waals surface area contributed by atoms with Crippen LogP contribution in [0.1, 0.15) is 26.3 Å². The zero-order valence-corrected chi connectivity index (χ0v) is 24.3. The van der Waals surface area contributed by atoms with E-state index in [1.807, 2.05) is 0 Å². The number of methoxy groups -OCH3 is 1. The van der Waals surface area contributed by atoms with E-state index >= 15 is 0 Å². The fourth-order valence-electron chi connectivity index (χ4n) is 4.43. The number of ether oxygens (including phenoxy) is 3. The summed E-state index contributed by atoms with van der Waals surface area (Å²) in [5.74, 6) is -2.36. The number of fused-ring (bicyclic) bond motifs is 1. The number of amides is 1. The number of aromatic nitrogens is 5. The summed E-state index contributed by atoms with van der Waals surface area (Å²) in [5.41, 5.74) is -0.259. The van der Waals surface area contributed by atoms with Crippen LogP contribution >= 0.6 is 0 Å². The highest BCUT2D eigenvalue weighted by atomic mass is 19.1. The molecule has 0 atom stereocenters. The van der Waals surface area contributed by atoms with E-state index in [0.717, 1.165) is 23.1 Å². The van der Waals surface area contributed by atoms with Crippen LogP contribution in [-0.2, 0) is 11.3 Å². The smallest absolute Gasteiger partial charge is 0.420 e. The van der Waals surface area contributed by atoms with Gasteiger partial charge in [-0.25, -0.2) is 33.4 Å². The Labute approximate surface area is 251 Å². The van der Waals surface area contributed by atoms with Crippen molar-refractivity contribution in [2.24, 2.45) is 0 Å². The van der Waals surface area contributed by atoms with E-state index < -0.39 is 29.3 Å². The largest absolute Gasteiger partial charge is 0.493 e. The van der Waals surface area contributed by atoms with E-state index in [9.17, 15) is 18.0 Å². The molecule has 0 aliphatic carbocycles. The van der Waals surface area contributed by atoms with Gasteiger partial charge in [0, 0.05) is 35.3 Å². The third-order valence-corrected chi connectivity index (χ3v) is 6.27. The van der Waals surface area contributed by atoms with Crippen molar-refractivity contribution in [3.05, 3.63) is 91.0 Å². The molecular weight excluding hydrogens is 577 g/mol. The number of benzene rings is 2. The van der Waals surface area contributed by atoms with E-state index in [0.29, 0.717) is 10.9 Å². The molecule has 44 heavy (non-hydrogen) atoms. The van der Waals surface area contributed by atoms with E-state index in [1.54, 1.807) is 45.0 Å². The second-order valence-electron chi connectivity index (χ2n) is 10.5. The molecule has 10 nitrogen and oxygen atoms in total. The average Bonchev–Trinajstić information content (AvgIpc) is 3.33. The third kappa shape index (κ3) is 6.26. The van der Waals surface area contributed by atoms with Gasteiger partial charge < -0.3 is 14.2 Å². The average molecular weight is 606 g/mol. The Morgan fingerprint density at radius 3 is 2.43 bits per heavy atom. The van der Waals surface area contributed by atoms with E-state index in [1.165, 1.54) is 30.3 Å². The van der Waals surface area contributed by atoms with Crippen LogP contribution < -0.4 is 14.4 Å². The molecule has 3 heterocycles. The lowest BCUT2D eigenvalue weighted by atomic mass is 10.1. The van der Waals surface area contributed by atoms with Gasteiger partial charge in [-0.3, -0.25) is 4.68 Å². The van der Waals surface area contributed by atoms with Crippen molar-refractivity contribution in [1.82, 2.24) is 24.7 Å². The van der Waals surface area contributed by atoms with Crippen LogP contribution in [0.2, 0.25) is 0 Å². The summed E-state index contributed by atoms with van der Waals surface area (Å²) in [6.07, 6.45) is 1.67. The van der Waals surface area contributed by atoms with Crippen molar-refractivity contribution in [1.29, 1.82) is 0 Å². The molecule has 13 heteroatoms. The Kier molecular flexibility index (Phi) is 8.39. The highest BCUT2D eigenvalue weighted by molar-refractivity contribution is 5.97. The molecule has 1 amide bonds. The van der Waals surface area contributed by atoms with Gasteiger partial charge in [0.15, 0.2) is 17.4 Å². The first kappa shape index (κ1) is 30.3. The Hall–Kier alpha value is -5.20. The number of hydrogen-bond acceptors (Lipinski definition) is 8. The first-order valence-electron chi connectivity index (χ1n) is 13.4. The summed E-state index contributed by atoms with van der Waals surface area (Å²) in [4.78, 5) is 27.1. The number of para-hydroxylation sites is 1. The molecule has 0 spiro atoms. The molecule has 0 saturated heterocycles. The van der Waals surface area contributed by atoms with Gasteiger partial charge >= 0.3 is 6.09 Å². The first-order valence-corrected chi connectivity index (χ1v) is 13.4. The van der Waals surface area contributed by atoms with Crippen LogP contribution in [0.3, 0.4) is 0 Å². The van der Waals surface area contributed by atoms with E-state index in [4.69, 9.17) is 14.2 Å². The maximum Gasteiger partial charge on any atom is 0.420 e. The fraction of sp³-hybridized carbons (Fsp3) is 0.226. The van der Waals surface area contributed by atoms with Gasteiger partial charge in [0.2, 0.25) is 5.95 Å². The Morgan fingerprint density at radius 1 is 1.05 bits per heavy atom. The predicted octanol–water partition coefficient (Wildman–Crippen LogP) is 6.65. The summed E-state index contributed by atoms with van der Waals surface area (Å²) in [6, 6.07) is 11.6. The van der Waals surface area contributed by atoms with Gasteiger partial charge in [-0.1, -0.05) is 18.2 Å². The van der Waals surface area contributed by atoms with Gasteiger partial charge in [-0.15, -0.1) is 0 Å². The summed E-state index contributed by atoms with van der Waals surface area (Å²) in [6.45, 7) is 8.33. The molecule has 0 saturated carbocycles. The Morgan fingerprint density at radius 2 is 1.77 bits per heavy atom. The van der Waals surface area contributed by atoms with Gasteiger partial charge in [0.1, 0.15) is 28.7 Å². The summed E-state index contributed by atoms with van der Waals surface area (Å²) in [5, 5.41) is 5.18. The van der Waals surface area contributed by atoms with Crippen LogP contribution in [0.25, 0.3) is 22.4 Å². The van der Waals surface area contributed by atoms with Crippen molar-refractivity contribution in [3.63, 3.8) is 0 Å². The Bertz CT molecular complexity index is 1820. The molecule has 227 valence electrons. The van der Waals surface area contributed by atoms with Crippen LogP contribution in [0.15, 0.2) is 60.9 Å². The molecule has 5 aromatic rings. The van der Waals surface area contributed by atoms with Crippen molar-refractivity contribution in [3.8, 4) is 23.0 Å². The number of hydrogen-bond donors (Lipinski definition) is 0. The third-order valence-electron chi connectivity index (χ3n) is 6.27. The monoisotopic (exact) mass is 605 g/mol. The minimum atomic E-state index is -0.902. The summed E-state index contributed by atoms with van der Waals surface area (Å²) < 4.78 is 61.8. The van der Waals surface area contributed by atoms with Gasteiger partial charge in [0.05, 0.1) is 37.7 Å². The molecule has 5 rings (SSSR count). The number of carbonyl (C=O) groups is 1. The normalized spacial score (nSPS) is 11.5. The van der Waals surface area contributed by atoms with Gasteiger partial charge in [-0.2, -0.15) is 9.49 Å². The zero-order chi connectivity index (χ0) is 31.6. The number of anilines is 2. The fourth-order valence-corrected chi connectivity index (χ4v) is 4.43. The summed E-state index contributed by atoms with van der Waals surface area (Å²) >= 11 is 0. The maximum atomic E-state index is 15.0. The number of nitrogens with zero attached hydrogens (tertiary/aromatic N) is 6. The lowest BCUT2D eigenvalue weighted by molar-refractivity contribution is 0.0597.